The van der Waals surface area contributed by atoms with Gasteiger partial charge in [0.25, 0.3) is 0 Å². The second-order valence-corrected chi connectivity index (χ2v) is 3.06. The molecule has 1 aliphatic carbocycles. The van der Waals surface area contributed by atoms with Crippen LogP contribution < -0.4 is 5.32 Å². The van der Waals surface area contributed by atoms with Crippen LogP contribution >= 0.6 is 0 Å². The summed E-state index contributed by atoms with van der Waals surface area (Å²) in [6.45, 7) is 0. The number of aromatic nitrogens is 2. The summed E-state index contributed by atoms with van der Waals surface area (Å²) in [6, 6.07) is 0.154. The fourth-order valence-corrected chi connectivity index (χ4v) is 1.36. The van der Waals surface area contributed by atoms with E-state index in [0.717, 1.165) is 12.8 Å². The molecule has 1 N–H and O–H groups in total. The number of hydrogen-bond donors (Lipinski definition) is 1. The van der Waals surface area contributed by atoms with Gasteiger partial charge in [-0.25, -0.2) is 9.78 Å². The molecule has 0 bridgehead atoms. The van der Waals surface area contributed by atoms with Gasteiger partial charge in [0.1, 0.15) is 6.33 Å². The maximum Gasteiger partial charge on any atom is 0.327 e. The molecular weight excluding hydrogens is 166 g/mol. The largest absolute Gasteiger partial charge is 0.334 e. The number of carbonyl (C=O) groups is 1. The number of nitrogens with one attached hydrogen (secondary N) is 1. The number of nitrogens with zero attached hydrogens (tertiary/aromatic N) is 2. The third-order valence-electron chi connectivity index (χ3n) is 2.07. The molecule has 0 unspecified atom stereocenters. The van der Waals surface area contributed by atoms with Gasteiger partial charge in [-0.15, -0.1) is 0 Å². The Morgan fingerprint density at radius 3 is 2.85 bits per heavy atom. The number of amides is 1. The van der Waals surface area contributed by atoms with Crippen LogP contribution in [0, 0.1) is 0 Å². The maximum atomic E-state index is 11.4. The van der Waals surface area contributed by atoms with Crippen molar-refractivity contribution >= 4 is 6.03 Å². The van der Waals surface area contributed by atoms with E-state index in [2.05, 4.69) is 22.5 Å². The zero-order chi connectivity index (χ0) is 9.10. The van der Waals surface area contributed by atoms with E-state index >= 15 is 0 Å². The molecule has 0 radical (unpaired) electrons. The summed E-state index contributed by atoms with van der Waals surface area (Å²) in [5, 5.41) is 2.90. The first-order chi connectivity index (χ1) is 6.36. The molecule has 0 saturated heterocycles. The Morgan fingerprint density at radius 2 is 2.23 bits per heavy atom. The molecule has 1 aromatic heterocycles. The van der Waals surface area contributed by atoms with Crippen molar-refractivity contribution in [1.82, 2.24) is 14.9 Å². The van der Waals surface area contributed by atoms with Gasteiger partial charge in [-0.1, -0.05) is 12.2 Å². The van der Waals surface area contributed by atoms with Crippen molar-refractivity contribution in [2.75, 3.05) is 0 Å². The molecule has 1 heterocycles. The molecule has 13 heavy (non-hydrogen) atoms. The molecule has 4 nitrogen and oxygen atoms in total. The third-order valence-corrected chi connectivity index (χ3v) is 2.07. The molecule has 1 aromatic rings. The Morgan fingerprint density at radius 1 is 1.46 bits per heavy atom. The minimum Gasteiger partial charge on any atom is -0.334 e. The van der Waals surface area contributed by atoms with Crippen molar-refractivity contribution in [2.24, 2.45) is 0 Å². The van der Waals surface area contributed by atoms with Gasteiger partial charge in [0, 0.05) is 18.4 Å². The van der Waals surface area contributed by atoms with E-state index in [1.54, 1.807) is 12.4 Å². The molecular formula is C9H11N3O. The van der Waals surface area contributed by atoms with Crippen molar-refractivity contribution < 1.29 is 4.79 Å². The van der Waals surface area contributed by atoms with Crippen molar-refractivity contribution in [3.05, 3.63) is 30.9 Å². The van der Waals surface area contributed by atoms with Crippen LogP contribution in [0.15, 0.2) is 30.9 Å². The van der Waals surface area contributed by atoms with Crippen LogP contribution in [-0.4, -0.2) is 21.6 Å². The summed E-state index contributed by atoms with van der Waals surface area (Å²) in [7, 11) is 0. The average Bonchev–Trinajstić information content (AvgIpc) is 2.74. The predicted octanol–water partition coefficient (Wildman–Crippen LogP) is 1.16. The fourth-order valence-electron chi connectivity index (χ4n) is 1.36. The second kappa shape index (κ2) is 3.43. The lowest BCUT2D eigenvalue weighted by molar-refractivity contribution is 0.239. The lowest BCUT2D eigenvalue weighted by atomic mass is 10.2. The Bertz CT molecular complexity index is 308. The quantitative estimate of drug-likeness (QED) is 0.654. The number of carbonyl (C=O) groups excluding carboxylic acids is 1. The first-order valence-electron chi connectivity index (χ1n) is 4.30. The van der Waals surface area contributed by atoms with E-state index in [4.69, 9.17) is 0 Å². The molecule has 0 aromatic carbocycles. The highest BCUT2D eigenvalue weighted by molar-refractivity contribution is 5.76. The van der Waals surface area contributed by atoms with Gasteiger partial charge in [-0.2, -0.15) is 0 Å². The normalized spacial score (nSPS) is 16.3. The van der Waals surface area contributed by atoms with E-state index in [1.807, 2.05) is 0 Å². The van der Waals surface area contributed by atoms with E-state index in [-0.39, 0.29) is 12.1 Å². The molecule has 2 rings (SSSR count). The summed E-state index contributed by atoms with van der Waals surface area (Å²) in [5.74, 6) is 0. The van der Waals surface area contributed by atoms with E-state index in [1.165, 1.54) is 10.9 Å². The van der Waals surface area contributed by atoms with Gasteiger partial charge in [0.15, 0.2) is 0 Å². The van der Waals surface area contributed by atoms with Crippen LogP contribution in [0.25, 0.3) is 0 Å². The fraction of sp³-hybridized carbons (Fsp3) is 0.333. The van der Waals surface area contributed by atoms with Crippen molar-refractivity contribution in [3.8, 4) is 0 Å². The second-order valence-electron chi connectivity index (χ2n) is 3.06. The van der Waals surface area contributed by atoms with Crippen molar-refractivity contribution in [1.29, 1.82) is 0 Å². The van der Waals surface area contributed by atoms with Crippen LogP contribution in [0.4, 0.5) is 4.79 Å². The highest BCUT2D eigenvalue weighted by Crippen LogP contribution is 2.08. The Kier molecular flexibility index (Phi) is 2.12. The van der Waals surface area contributed by atoms with Crippen molar-refractivity contribution in [2.45, 2.75) is 18.9 Å². The molecule has 4 heteroatoms. The van der Waals surface area contributed by atoms with E-state index in [9.17, 15) is 4.79 Å². The molecule has 1 amide bonds. The van der Waals surface area contributed by atoms with Gasteiger partial charge in [-0.3, -0.25) is 4.57 Å². The highest BCUT2D eigenvalue weighted by atomic mass is 16.2. The van der Waals surface area contributed by atoms with Crippen LogP contribution in [0.3, 0.4) is 0 Å². The standard InChI is InChI=1S/C9H11N3O/c13-9(12-6-5-10-7-12)11-8-3-1-2-4-8/h1-2,5-8H,3-4H2,(H,11,13). The summed E-state index contributed by atoms with van der Waals surface area (Å²) < 4.78 is 1.44. The van der Waals surface area contributed by atoms with Gasteiger partial charge in [0.2, 0.25) is 0 Å². The first kappa shape index (κ1) is 8.04. The molecule has 0 spiro atoms. The molecule has 0 aliphatic heterocycles. The maximum absolute atomic E-state index is 11.4. The zero-order valence-corrected chi connectivity index (χ0v) is 7.18. The summed E-state index contributed by atoms with van der Waals surface area (Å²) >= 11 is 0. The highest BCUT2D eigenvalue weighted by Gasteiger charge is 2.13. The molecule has 0 saturated carbocycles. The average molecular weight is 177 g/mol. The summed E-state index contributed by atoms with van der Waals surface area (Å²) in [5.41, 5.74) is 0. The predicted molar refractivity (Wildman–Crippen MR) is 48.3 cm³/mol. The van der Waals surface area contributed by atoms with Crippen LogP contribution in [0.2, 0.25) is 0 Å². The summed E-state index contributed by atoms with van der Waals surface area (Å²) in [6.07, 6.45) is 10.8. The molecule has 0 fully saturated rings. The number of hydrogen-bond acceptors (Lipinski definition) is 2. The van der Waals surface area contributed by atoms with Gasteiger partial charge >= 0.3 is 6.03 Å². The zero-order valence-electron chi connectivity index (χ0n) is 7.18. The van der Waals surface area contributed by atoms with Crippen molar-refractivity contribution in [3.63, 3.8) is 0 Å². The smallest absolute Gasteiger partial charge is 0.327 e. The molecule has 68 valence electrons. The van der Waals surface area contributed by atoms with Crippen LogP contribution in [0.1, 0.15) is 12.8 Å². The first-order valence-corrected chi connectivity index (χ1v) is 4.30. The van der Waals surface area contributed by atoms with Gasteiger partial charge in [-0.05, 0) is 12.8 Å². The van der Waals surface area contributed by atoms with Gasteiger partial charge < -0.3 is 5.32 Å². The van der Waals surface area contributed by atoms with E-state index < -0.39 is 0 Å². The monoisotopic (exact) mass is 177 g/mol. The number of rotatable bonds is 1. The van der Waals surface area contributed by atoms with Crippen LogP contribution in [0.5, 0.6) is 0 Å². The SMILES string of the molecule is O=C(NC1CC=CC1)n1ccnc1. The minimum atomic E-state index is -0.105. The third kappa shape index (κ3) is 1.77. The molecule has 0 atom stereocenters. The van der Waals surface area contributed by atoms with Gasteiger partial charge in [0.05, 0.1) is 0 Å². The topological polar surface area (TPSA) is 46.9 Å². The van der Waals surface area contributed by atoms with E-state index in [0.29, 0.717) is 0 Å². The Labute approximate surface area is 76.3 Å². The lowest BCUT2D eigenvalue weighted by Crippen LogP contribution is -2.35. The van der Waals surface area contributed by atoms with Crippen LogP contribution in [-0.2, 0) is 0 Å². The summed E-state index contributed by atoms with van der Waals surface area (Å²) in [4.78, 5) is 15.3. The molecule has 1 aliphatic rings. The Balaban J connectivity index is 1.92. The Hall–Kier alpha value is -1.58. The number of imidazole rings is 1. The minimum absolute atomic E-state index is 0.105. The lowest BCUT2D eigenvalue weighted by Gasteiger charge is -2.11.